The van der Waals surface area contributed by atoms with Crippen molar-refractivity contribution in [2.75, 3.05) is 12.9 Å². The molecule has 2 rings (SSSR count). The topological polar surface area (TPSA) is 64.1 Å². The van der Waals surface area contributed by atoms with Crippen molar-refractivity contribution in [3.05, 3.63) is 29.8 Å². The van der Waals surface area contributed by atoms with Crippen molar-refractivity contribution < 1.29 is 9.53 Å². The van der Waals surface area contributed by atoms with E-state index in [0.717, 1.165) is 25.7 Å². The van der Waals surface area contributed by atoms with Gasteiger partial charge in [0.15, 0.2) is 8.68 Å². The highest BCUT2D eigenvalue weighted by Gasteiger charge is 2.17. The van der Waals surface area contributed by atoms with E-state index in [0.29, 0.717) is 6.54 Å². The Hall–Kier alpha value is -1.25. The summed E-state index contributed by atoms with van der Waals surface area (Å²) in [6.45, 7) is 4.39. The van der Waals surface area contributed by atoms with Crippen LogP contribution in [-0.4, -0.2) is 34.2 Å². The molecule has 0 aliphatic heterocycles. The number of para-hydroxylation sites is 1. The Morgan fingerprint density at radius 2 is 2.09 bits per heavy atom. The van der Waals surface area contributed by atoms with E-state index in [1.165, 1.54) is 23.1 Å². The Bertz CT molecular complexity index is 648. The summed E-state index contributed by atoms with van der Waals surface area (Å²) in [6, 6.07) is 7.66. The zero-order valence-corrected chi connectivity index (χ0v) is 15.7. The Kier molecular flexibility index (Phi) is 7.19. The van der Waals surface area contributed by atoms with E-state index in [2.05, 4.69) is 22.4 Å². The van der Waals surface area contributed by atoms with Crippen LogP contribution in [0.3, 0.4) is 0 Å². The van der Waals surface area contributed by atoms with Gasteiger partial charge in [0.1, 0.15) is 5.75 Å². The van der Waals surface area contributed by atoms with Gasteiger partial charge in [0.2, 0.25) is 5.91 Å². The van der Waals surface area contributed by atoms with Crippen molar-refractivity contribution >= 4 is 40.8 Å². The van der Waals surface area contributed by atoms with Gasteiger partial charge in [0.25, 0.3) is 0 Å². The monoisotopic (exact) mass is 369 g/mol. The average Bonchev–Trinajstić information content (AvgIpc) is 3.00. The second-order valence-electron chi connectivity index (χ2n) is 4.56. The molecule has 5 nitrogen and oxygen atoms in total. The summed E-state index contributed by atoms with van der Waals surface area (Å²) in [7, 11) is 1.63. The number of aromatic nitrogens is 2. The second-order valence-corrected chi connectivity index (χ2v) is 8.63. The molecule has 0 aliphatic carbocycles. The SMILES string of the molecule is CCSc1nnc(S[C@@H](C)C(=O)NCc2ccccc2OC)s1. The van der Waals surface area contributed by atoms with Crippen LogP contribution >= 0.6 is 34.9 Å². The molecule has 23 heavy (non-hydrogen) atoms. The number of thioether (sulfide) groups is 2. The fourth-order valence-corrected chi connectivity index (χ4v) is 4.89. The highest BCUT2D eigenvalue weighted by molar-refractivity contribution is 8.03. The summed E-state index contributed by atoms with van der Waals surface area (Å²) in [5.41, 5.74) is 0.957. The Labute approximate surface area is 148 Å². The third-order valence-corrected chi connectivity index (χ3v) is 6.07. The number of nitrogens with zero attached hydrogens (tertiary/aromatic N) is 2. The number of ether oxygens (including phenoxy) is 1. The number of rotatable bonds is 8. The highest BCUT2D eigenvalue weighted by Crippen LogP contribution is 2.31. The van der Waals surface area contributed by atoms with Crippen LogP contribution in [0, 0.1) is 0 Å². The number of hydrogen-bond acceptors (Lipinski definition) is 7. The minimum Gasteiger partial charge on any atom is -0.496 e. The van der Waals surface area contributed by atoms with Crippen molar-refractivity contribution in [2.45, 2.75) is 34.3 Å². The van der Waals surface area contributed by atoms with Crippen LogP contribution in [0.4, 0.5) is 0 Å². The average molecular weight is 370 g/mol. The third kappa shape index (κ3) is 5.40. The van der Waals surface area contributed by atoms with Gasteiger partial charge in [-0.1, -0.05) is 60.0 Å². The van der Waals surface area contributed by atoms with Gasteiger partial charge in [-0.15, -0.1) is 10.2 Å². The number of carbonyl (C=O) groups excluding carboxylic acids is 1. The molecule has 1 atom stereocenters. The number of hydrogen-bond donors (Lipinski definition) is 1. The maximum absolute atomic E-state index is 12.2. The standard InChI is InChI=1S/C15H19N3O2S3/c1-4-21-14-17-18-15(23-14)22-10(2)13(19)16-9-11-7-5-6-8-12(11)20-3/h5-8,10H,4,9H2,1-3H3,(H,16,19)/t10-/m0/s1. The molecule has 1 aromatic heterocycles. The van der Waals surface area contributed by atoms with Gasteiger partial charge >= 0.3 is 0 Å². The maximum Gasteiger partial charge on any atom is 0.233 e. The van der Waals surface area contributed by atoms with E-state index in [9.17, 15) is 4.79 Å². The smallest absolute Gasteiger partial charge is 0.233 e. The van der Waals surface area contributed by atoms with E-state index >= 15 is 0 Å². The molecule has 0 bridgehead atoms. The van der Waals surface area contributed by atoms with E-state index in [-0.39, 0.29) is 11.2 Å². The molecule has 1 N–H and O–H groups in total. The van der Waals surface area contributed by atoms with Gasteiger partial charge in [-0.3, -0.25) is 4.79 Å². The number of carbonyl (C=O) groups is 1. The largest absolute Gasteiger partial charge is 0.496 e. The first-order valence-electron chi connectivity index (χ1n) is 7.16. The number of amides is 1. The van der Waals surface area contributed by atoms with Crippen molar-refractivity contribution in [2.24, 2.45) is 0 Å². The minimum absolute atomic E-state index is 0.0270. The highest BCUT2D eigenvalue weighted by atomic mass is 32.2. The second kappa shape index (κ2) is 9.14. The molecule has 0 radical (unpaired) electrons. The van der Waals surface area contributed by atoms with Gasteiger partial charge < -0.3 is 10.1 Å². The van der Waals surface area contributed by atoms with E-state index < -0.39 is 0 Å². The molecule has 0 aliphatic rings. The molecule has 2 aromatic rings. The first-order chi connectivity index (χ1) is 11.1. The van der Waals surface area contributed by atoms with Crippen LogP contribution in [0.2, 0.25) is 0 Å². The van der Waals surface area contributed by atoms with Gasteiger partial charge in [0.05, 0.1) is 12.4 Å². The van der Waals surface area contributed by atoms with E-state index in [4.69, 9.17) is 4.74 Å². The lowest BCUT2D eigenvalue weighted by molar-refractivity contribution is -0.120. The lowest BCUT2D eigenvalue weighted by Crippen LogP contribution is -2.30. The predicted molar refractivity (Wildman–Crippen MR) is 96.5 cm³/mol. The van der Waals surface area contributed by atoms with Gasteiger partial charge in [-0.25, -0.2) is 0 Å². The normalized spacial score (nSPS) is 12.0. The lowest BCUT2D eigenvalue weighted by atomic mass is 10.2. The fraction of sp³-hybridized carbons (Fsp3) is 0.400. The molecule has 0 fully saturated rings. The molecule has 8 heteroatoms. The van der Waals surface area contributed by atoms with Crippen LogP contribution in [0.25, 0.3) is 0 Å². The zero-order valence-electron chi connectivity index (χ0n) is 13.2. The summed E-state index contributed by atoms with van der Waals surface area (Å²) in [5, 5.41) is 10.9. The summed E-state index contributed by atoms with van der Waals surface area (Å²) in [6.07, 6.45) is 0. The van der Waals surface area contributed by atoms with Crippen LogP contribution in [0.15, 0.2) is 32.9 Å². The summed E-state index contributed by atoms with van der Waals surface area (Å²) >= 11 is 4.62. The quantitative estimate of drug-likeness (QED) is 0.719. The summed E-state index contributed by atoms with van der Waals surface area (Å²) in [4.78, 5) is 12.2. The molecule has 124 valence electrons. The van der Waals surface area contributed by atoms with Crippen LogP contribution < -0.4 is 10.1 Å². The van der Waals surface area contributed by atoms with Crippen molar-refractivity contribution in [1.82, 2.24) is 15.5 Å². The molecule has 0 saturated carbocycles. The Morgan fingerprint density at radius 3 is 2.83 bits per heavy atom. The first-order valence-corrected chi connectivity index (χ1v) is 9.84. The lowest BCUT2D eigenvalue weighted by Gasteiger charge is -2.12. The van der Waals surface area contributed by atoms with Crippen molar-refractivity contribution in [3.8, 4) is 5.75 Å². The minimum atomic E-state index is -0.225. The maximum atomic E-state index is 12.2. The van der Waals surface area contributed by atoms with Crippen LogP contribution in [0.1, 0.15) is 19.4 Å². The molecule has 0 unspecified atom stereocenters. The molecular formula is C15H19N3O2S3. The van der Waals surface area contributed by atoms with Gasteiger partial charge in [-0.05, 0) is 18.7 Å². The molecule has 0 spiro atoms. The van der Waals surface area contributed by atoms with Crippen molar-refractivity contribution in [3.63, 3.8) is 0 Å². The van der Waals surface area contributed by atoms with Crippen LogP contribution in [-0.2, 0) is 11.3 Å². The molecule has 0 saturated heterocycles. The van der Waals surface area contributed by atoms with Crippen LogP contribution in [0.5, 0.6) is 5.75 Å². The number of methoxy groups -OCH3 is 1. The summed E-state index contributed by atoms with van der Waals surface area (Å²) in [5.74, 6) is 1.72. The first kappa shape index (κ1) is 18.1. The fourth-order valence-electron chi connectivity index (χ4n) is 1.81. The number of nitrogens with one attached hydrogen (secondary N) is 1. The van der Waals surface area contributed by atoms with E-state index in [1.807, 2.05) is 31.2 Å². The third-order valence-electron chi connectivity index (χ3n) is 2.95. The number of benzene rings is 1. The summed E-state index contributed by atoms with van der Waals surface area (Å²) < 4.78 is 7.05. The van der Waals surface area contributed by atoms with E-state index in [1.54, 1.807) is 18.9 Å². The Morgan fingerprint density at radius 1 is 1.35 bits per heavy atom. The molecule has 1 aromatic carbocycles. The van der Waals surface area contributed by atoms with Crippen molar-refractivity contribution in [1.29, 1.82) is 0 Å². The predicted octanol–water partition coefficient (Wildman–Crippen LogP) is 3.46. The Balaban J connectivity index is 1.87. The molecular weight excluding hydrogens is 350 g/mol. The van der Waals surface area contributed by atoms with Gasteiger partial charge in [-0.2, -0.15) is 0 Å². The zero-order chi connectivity index (χ0) is 16.7. The van der Waals surface area contributed by atoms with Gasteiger partial charge in [0, 0.05) is 12.1 Å². The molecule has 1 heterocycles. The molecule has 1 amide bonds.